The van der Waals surface area contributed by atoms with Gasteiger partial charge in [-0.2, -0.15) is 0 Å². The number of likely N-dealkylation sites (N-methyl/N-ethyl adjacent to an activating group) is 1. The number of hydrogen-bond donors (Lipinski definition) is 1. The largest absolute Gasteiger partial charge is 0.378 e. The van der Waals surface area contributed by atoms with Gasteiger partial charge in [0, 0.05) is 13.2 Å². The van der Waals surface area contributed by atoms with Crippen LogP contribution in [0.4, 0.5) is 0 Å². The van der Waals surface area contributed by atoms with Crippen molar-refractivity contribution in [1.82, 2.24) is 10.2 Å². The molecule has 0 aromatic heterocycles. The minimum absolute atomic E-state index is 0.0785. The molecule has 5 heteroatoms. The van der Waals surface area contributed by atoms with E-state index in [1.54, 1.807) is 0 Å². The molecule has 0 bridgehead atoms. The number of ether oxygens (including phenoxy) is 2. The summed E-state index contributed by atoms with van der Waals surface area (Å²) in [4.78, 5) is 13.2. The van der Waals surface area contributed by atoms with Gasteiger partial charge >= 0.3 is 0 Å². The van der Waals surface area contributed by atoms with Crippen LogP contribution in [0.1, 0.15) is 20.3 Å². The Balaban J connectivity index is 3.78. The number of nitrogens with zero attached hydrogens (tertiary/aromatic N) is 1. The van der Waals surface area contributed by atoms with Crippen LogP contribution in [0.2, 0.25) is 0 Å². The smallest absolute Gasteiger partial charge is 0.246 e. The molecule has 96 valence electrons. The molecule has 0 rings (SSSR count). The first-order valence-corrected chi connectivity index (χ1v) is 5.74. The summed E-state index contributed by atoms with van der Waals surface area (Å²) in [5.74, 6) is -0.0785. The van der Waals surface area contributed by atoms with Crippen LogP contribution in [0.25, 0.3) is 0 Å². The summed E-state index contributed by atoms with van der Waals surface area (Å²) in [6.07, 6.45) is 0.759. The summed E-state index contributed by atoms with van der Waals surface area (Å²) >= 11 is 0. The van der Waals surface area contributed by atoms with Gasteiger partial charge in [-0.05, 0) is 27.4 Å². The molecule has 0 heterocycles. The van der Waals surface area contributed by atoms with Crippen molar-refractivity contribution in [3.05, 3.63) is 0 Å². The maximum atomic E-state index is 11.3. The summed E-state index contributed by atoms with van der Waals surface area (Å²) in [6, 6.07) is 0. The first kappa shape index (κ1) is 15.3. The Bertz CT molecular complexity index is 186. The van der Waals surface area contributed by atoms with E-state index in [4.69, 9.17) is 9.47 Å². The summed E-state index contributed by atoms with van der Waals surface area (Å²) < 4.78 is 10.7. The zero-order chi connectivity index (χ0) is 12.4. The molecule has 0 fully saturated rings. The number of nitrogens with one attached hydrogen (secondary N) is 1. The van der Waals surface area contributed by atoms with Crippen molar-refractivity contribution >= 4 is 5.91 Å². The first-order chi connectivity index (χ1) is 7.61. The number of rotatable bonds is 9. The van der Waals surface area contributed by atoms with Crippen molar-refractivity contribution < 1.29 is 14.3 Å². The molecule has 1 unspecified atom stereocenters. The zero-order valence-electron chi connectivity index (χ0n) is 10.8. The van der Waals surface area contributed by atoms with Crippen molar-refractivity contribution in [2.45, 2.75) is 26.5 Å². The third-order valence-electron chi connectivity index (χ3n) is 2.02. The van der Waals surface area contributed by atoms with Crippen molar-refractivity contribution in [2.75, 3.05) is 40.5 Å². The van der Waals surface area contributed by atoms with Gasteiger partial charge in [0.25, 0.3) is 0 Å². The second-order valence-electron chi connectivity index (χ2n) is 3.74. The third kappa shape index (κ3) is 7.62. The van der Waals surface area contributed by atoms with Crippen LogP contribution >= 0.6 is 0 Å². The molecule has 0 aliphatic heterocycles. The molecule has 0 aromatic rings. The molecular weight excluding hydrogens is 208 g/mol. The second kappa shape index (κ2) is 9.57. The Morgan fingerprint density at radius 1 is 1.38 bits per heavy atom. The van der Waals surface area contributed by atoms with Crippen molar-refractivity contribution in [1.29, 1.82) is 0 Å². The molecule has 0 aromatic carbocycles. The molecule has 16 heavy (non-hydrogen) atoms. The highest BCUT2D eigenvalue weighted by Crippen LogP contribution is 1.97. The quantitative estimate of drug-likeness (QED) is 0.587. The lowest BCUT2D eigenvalue weighted by Crippen LogP contribution is -2.38. The van der Waals surface area contributed by atoms with Gasteiger partial charge < -0.3 is 14.8 Å². The molecule has 0 spiro atoms. The molecule has 0 saturated heterocycles. The highest BCUT2D eigenvalue weighted by molar-refractivity contribution is 5.77. The normalized spacial score (nSPS) is 12.8. The fraction of sp³-hybridized carbons (Fsp3) is 0.909. The molecule has 0 saturated carbocycles. The van der Waals surface area contributed by atoms with Crippen LogP contribution in [0.15, 0.2) is 0 Å². The van der Waals surface area contributed by atoms with Crippen molar-refractivity contribution in [3.8, 4) is 0 Å². The van der Waals surface area contributed by atoms with E-state index in [1.165, 1.54) is 0 Å². The Morgan fingerprint density at radius 3 is 2.56 bits per heavy atom. The van der Waals surface area contributed by atoms with Gasteiger partial charge in [-0.3, -0.25) is 9.69 Å². The molecular formula is C11H24N2O3. The molecule has 0 aliphatic rings. The van der Waals surface area contributed by atoms with Crippen LogP contribution in [0, 0.1) is 0 Å². The highest BCUT2D eigenvalue weighted by Gasteiger charge is 2.13. The zero-order valence-corrected chi connectivity index (χ0v) is 10.8. The van der Waals surface area contributed by atoms with E-state index in [0.29, 0.717) is 19.8 Å². The molecule has 0 aliphatic carbocycles. The number of hydrogen-bond acceptors (Lipinski definition) is 4. The van der Waals surface area contributed by atoms with Gasteiger partial charge in [-0.1, -0.05) is 6.92 Å². The van der Waals surface area contributed by atoms with E-state index in [0.717, 1.165) is 6.42 Å². The van der Waals surface area contributed by atoms with Crippen LogP contribution in [0.5, 0.6) is 0 Å². The average molecular weight is 232 g/mol. The van der Waals surface area contributed by atoms with Gasteiger partial charge in [0.05, 0.1) is 6.61 Å². The number of amides is 1. The predicted molar refractivity (Wildman–Crippen MR) is 63.2 cm³/mol. The summed E-state index contributed by atoms with van der Waals surface area (Å²) in [5.41, 5.74) is 0. The lowest BCUT2D eigenvalue weighted by molar-refractivity contribution is -0.135. The SMILES string of the molecule is CCCNC(=O)COC(COCC)N(C)C. The standard InChI is InChI=1S/C11H24N2O3/c1-5-7-12-10(14)8-16-11(13(3)4)9-15-6-2/h11H,5-9H2,1-4H3,(H,12,14). The van der Waals surface area contributed by atoms with E-state index >= 15 is 0 Å². The predicted octanol–water partition coefficient (Wildman–Crippen LogP) is 0.453. The van der Waals surface area contributed by atoms with E-state index in [1.807, 2.05) is 32.8 Å². The number of carbonyl (C=O) groups is 1. The Morgan fingerprint density at radius 2 is 2.06 bits per heavy atom. The molecule has 1 atom stereocenters. The van der Waals surface area contributed by atoms with E-state index < -0.39 is 0 Å². The van der Waals surface area contributed by atoms with Crippen molar-refractivity contribution in [3.63, 3.8) is 0 Å². The van der Waals surface area contributed by atoms with Gasteiger partial charge in [0.1, 0.15) is 12.8 Å². The lowest BCUT2D eigenvalue weighted by atomic mass is 10.4. The summed E-state index contributed by atoms with van der Waals surface area (Å²) in [7, 11) is 3.79. The molecule has 5 nitrogen and oxygen atoms in total. The maximum Gasteiger partial charge on any atom is 0.246 e. The van der Waals surface area contributed by atoms with Crippen molar-refractivity contribution in [2.24, 2.45) is 0 Å². The van der Waals surface area contributed by atoms with E-state index in [-0.39, 0.29) is 18.7 Å². The van der Waals surface area contributed by atoms with Crippen LogP contribution in [0.3, 0.4) is 0 Å². The minimum Gasteiger partial charge on any atom is -0.378 e. The lowest BCUT2D eigenvalue weighted by Gasteiger charge is -2.23. The maximum absolute atomic E-state index is 11.3. The van der Waals surface area contributed by atoms with Crippen LogP contribution in [-0.4, -0.2) is 57.5 Å². The van der Waals surface area contributed by atoms with Gasteiger partial charge in [-0.15, -0.1) is 0 Å². The monoisotopic (exact) mass is 232 g/mol. The van der Waals surface area contributed by atoms with Crippen LogP contribution in [-0.2, 0) is 14.3 Å². The first-order valence-electron chi connectivity index (χ1n) is 5.74. The summed E-state index contributed by atoms with van der Waals surface area (Å²) in [5, 5.41) is 2.76. The highest BCUT2D eigenvalue weighted by atomic mass is 16.5. The van der Waals surface area contributed by atoms with Gasteiger partial charge in [0.2, 0.25) is 5.91 Å². The fourth-order valence-electron chi connectivity index (χ4n) is 1.05. The average Bonchev–Trinajstić information content (AvgIpc) is 2.25. The van der Waals surface area contributed by atoms with Crippen LogP contribution < -0.4 is 5.32 Å². The Kier molecular flexibility index (Phi) is 9.18. The third-order valence-corrected chi connectivity index (χ3v) is 2.02. The fourth-order valence-corrected chi connectivity index (χ4v) is 1.05. The molecule has 1 N–H and O–H groups in total. The molecule has 0 radical (unpaired) electrons. The Hall–Kier alpha value is -0.650. The van der Waals surface area contributed by atoms with E-state index in [2.05, 4.69) is 5.32 Å². The second-order valence-corrected chi connectivity index (χ2v) is 3.74. The Labute approximate surface area is 98.1 Å². The summed E-state index contributed by atoms with van der Waals surface area (Å²) in [6.45, 7) is 5.84. The number of carbonyl (C=O) groups excluding carboxylic acids is 1. The van der Waals surface area contributed by atoms with E-state index in [9.17, 15) is 4.79 Å². The van der Waals surface area contributed by atoms with Gasteiger partial charge in [0.15, 0.2) is 0 Å². The topological polar surface area (TPSA) is 50.8 Å². The minimum atomic E-state index is -0.174. The van der Waals surface area contributed by atoms with Gasteiger partial charge in [-0.25, -0.2) is 0 Å². The molecule has 1 amide bonds.